The Labute approximate surface area is 452 Å². The van der Waals surface area contributed by atoms with E-state index in [1.807, 2.05) is 21.1 Å². The van der Waals surface area contributed by atoms with Crippen LogP contribution in [-0.4, -0.2) is 70.0 Å². The molecule has 0 rings (SSSR count). The molecule has 0 aliphatic rings. The summed E-state index contributed by atoms with van der Waals surface area (Å²) in [7, 11) is 1.11. The Morgan fingerprint density at radius 1 is 0.419 bits per heavy atom. The van der Waals surface area contributed by atoms with Crippen LogP contribution in [0.3, 0.4) is 0 Å². The van der Waals surface area contributed by atoms with Gasteiger partial charge in [0, 0.05) is 12.8 Å². The third kappa shape index (κ3) is 56.9. The molecule has 0 fully saturated rings. The highest BCUT2D eigenvalue weighted by Gasteiger charge is 2.21. The zero-order valence-electron chi connectivity index (χ0n) is 47.0. The summed E-state index contributed by atoms with van der Waals surface area (Å²) in [5.41, 5.74) is 0. The molecule has 10 heteroatoms. The number of carbonyl (C=O) groups is 2. The lowest BCUT2D eigenvalue weighted by Crippen LogP contribution is -2.37. The molecule has 0 spiro atoms. The molecule has 0 bridgehead atoms. The van der Waals surface area contributed by atoms with Crippen LogP contribution in [0.1, 0.15) is 181 Å². The lowest BCUT2D eigenvalue weighted by Gasteiger charge is -2.28. The van der Waals surface area contributed by atoms with Gasteiger partial charge in [-0.2, -0.15) is 0 Å². The van der Waals surface area contributed by atoms with Crippen molar-refractivity contribution in [1.82, 2.24) is 0 Å². The number of quaternary nitrogens is 1. The lowest BCUT2D eigenvalue weighted by atomic mass is 10.1. The maximum atomic E-state index is 12.8. The molecule has 0 aliphatic heterocycles. The quantitative estimate of drug-likeness (QED) is 0.0195. The van der Waals surface area contributed by atoms with Crippen LogP contribution in [0.2, 0.25) is 0 Å². The van der Waals surface area contributed by atoms with Gasteiger partial charge in [0.05, 0.1) is 27.7 Å². The highest BCUT2D eigenvalue weighted by molar-refractivity contribution is 7.45. The molecule has 0 radical (unpaired) electrons. The fourth-order valence-electron chi connectivity index (χ4n) is 6.75. The summed E-state index contributed by atoms with van der Waals surface area (Å²) in [6, 6.07) is 0. The Bertz CT molecular complexity index is 1800. The van der Waals surface area contributed by atoms with E-state index in [2.05, 4.69) is 172 Å². The number of carbonyl (C=O) groups excluding carboxylic acids is 2. The van der Waals surface area contributed by atoms with Crippen molar-refractivity contribution in [3.05, 3.63) is 158 Å². The first-order chi connectivity index (χ1) is 36.0. The fraction of sp³-hybridized carbons (Fsp3) is 0.562. The molecule has 0 aromatic rings. The molecule has 416 valence electrons. The lowest BCUT2D eigenvalue weighted by molar-refractivity contribution is -0.870. The predicted octanol–water partition coefficient (Wildman–Crippen LogP) is 17.1. The van der Waals surface area contributed by atoms with Crippen LogP contribution in [0, 0.1) is 0 Å². The first kappa shape index (κ1) is 69.6. The van der Waals surface area contributed by atoms with Gasteiger partial charge in [-0.25, -0.2) is 0 Å². The summed E-state index contributed by atoms with van der Waals surface area (Å²) < 4.78 is 34.1. The number of esters is 2. The van der Waals surface area contributed by atoms with Crippen LogP contribution < -0.4 is 4.89 Å². The van der Waals surface area contributed by atoms with Gasteiger partial charge in [-0.1, -0.05) is 204 Å². The van der Waals surface area contributed by atoms with E-state index in [0.717, 1.165) is 141 Å². The molecule has 0 N–H and O–H groups in total. The standard InChI is InChI=1S/C64H102NO8P/c1-6-8-10-12-14-16-18-20-22-24-26-28-29-30-31-32-33-34-35-37-39-41-43-45-47-49-51-53-55-57-64(67)73-62(61-72-74(68,69)71-59-58-65(3,4)5)60-70-63(66)56-54-52-50-48-46-44-42-40-38-36-27-25-23-21-19-17-15-13-11-9-7-2/h8-11,14-17,20-23,26-28,30-31,33-34,36-37,39-40,42-43,45,62H,6-7,12-13,18-19,24-25,29,32,35,38,41,44,46-61H2,1-5H3/b10-8-,11-9-,16-14-,17-15-,22-20-,23-21-,28-26-,31-30-,34-33-,36-27-,39-37-,42-40-,45-43-. The number of likely N-dealkylation sites (N-methyl/N-ethyl adjacent to an activating group) is 1. The molecule has 9 nitrogen and oxygen atoms in total. The number of phosphoric ester groups is 1. The summed E-state index contributed by atoms with van der Waals surface area (Å²) >= 11 is 0. The minimum Gasteiger partial charge on any atom is -0.756 e. The molecule has 0 saturated heterocycles. The largest absolute Gasteiger partial charge is 0.756 e. The Morgan fingerprint density at radius 3 is 1.08 bits per heavy atom. The van der Waals surface area contributed by atoms with Crippen molar-refractivity contribution < 1.29 is 42.1 Å². The minimum atomic E-state index is -4.66. The number of ether oxygens (including phenoxy) is 2. The Hall–Kier alpha value is -4.37. The second-order valence-electron chi connectivity index (χ2n) is 19.2. The van der Waals surface area contributed by atoms with Crippen molar-refractivity contribution in [3.8, 4) is 0 Å². The SMILES string of the molecule is CC/C=C\C/C=C\C/C=C\C/C=C\C/C=C\C/C=C\C/C=C\C/C=C\CCCCCCC(=O)OC(COC(=O)CCCCCCC/C=C\C/C=C\C/C=C\C/C=C\C/C=C\CC)COP(=O)([O-])OCC[N+](C)(C)C. The van der Waals surface area contributed by atoms with Crippen molar-refractivity contribution in [2.45, 2.75) is 187 Å². The van der Waals surface area contributed by atoms with Gasteiger partial charge in [0.2, 0.25) is 0 Å². The van der Waals surface area contributed by atoms with Crippen molar-refractivity contribution in [2.75, 3.05) is 47.5 Å². The molecule has 2 unspecified atom stereocenters. The van der Waals surface area contributed by atoms with Crippen LogP contribution in [-0.2, 0) is 32.7 Å². The van der Waals surface area contributed by atoms with Crippen LogP contribution in [0.15, 0.2) is 158 Å². The van der Waals surface area contributed by atoms with Gasteiger partial charge in [0.1, 0.15) is 19.8 Å². The summed E-state index contributed by atoms with van der Waals surface area (Å²) in [6.45, 7) is 3.92. The molecule has 0 aromatic heterocycles. The van der Waals surface area contributed by atoms with E-state index in [1.165, 1.54) is 0 Å². The number of phosphoric acid groups is 1. The average molecular weight is 1040 g/mol. The maximum Gasteiger partial charge on any atom is 0.306 e. The van der Waals surface area contributed by atoms with Gasteiger partial charge in [-0.3, -0.25) is 14.2 Å². The summed E-state index contributed by atoms with van der Waals surface area (Å²) in [5, 5.41) is 0. The number of hydrogen-bond donors (Lipinski definition) is 0. The van der Waals surface area contributed by atoms with E-state index < -0.39 is 32.5 Å². The molecule has 0 aliphatic carbocycles. The Morgan fingerprint density at radius 2 is 0.730 bits per heavy atom. The van der Waals surface area contributed by atoms with Crippen LogP contribution in [0.25, 0.3) is 0 Å². The van der Waals surface area contributed by atoms with Gasteiger partial charge < -0.3 is 27.9 Å². The average Bonchev–Trinajstić information content (AvgIpc) is 3.36. The van der Waals surface area contributed by atoms with E-state index in [1.54, 1.807) is 0 Å². The second kappa shape index (κ2) is 53.5. The molecular weight excluding hydrogens is 942 g/mol. The first-order valence-electron chi connectivity index (χ1n) is 28.2. The topological polar surface area (TPSA) is 111 Å². The molecular formula is C64H102NO8P. The number of nitrogens with zero attached hydrogens (tertiary/aromatic N) is 1. The van der Waals surface area contributed by atoms with Crippen molar-refractivity contribution in [1.29, 1.82) is 0 Å². The molecule has 0 heterocycles. The molecule has 2 atom stereocenters. The highest BCUT2D eigenvalue weighted by atomic mass is 31.2. The van der Waals surface area contributed by atoms with Gasteiger partial charge in [0.25, 0.3) is 7.82 Å². The number of unbranched alkanes of at least 4 members (excludes halogenated alkanes) is 9. The highest BCUT2D eigenvalue weighted by Crippen LogP contribution is 2.38. The van der Waals surface area contributed by atoms with E-state index in [4.69, 9.17) is 18.5 Å². The zero-order chi connectivity index (χ0) is 54.2. The van der Waals surface area contributed by atoms with E-state index in [-0.39, 0.29) is 26.1 Å². The van der Waals surface area contributed by atoms with Crippen LogP contribution in [0.5, 0.6) is 0 Å². The maximum absolute atomic E-state index is 12.8. The Kier molecular flexibility index (Phi) is 50.3. The smallest absolute Gasteiger partial charge is 0.306 e. The van der Waals surface area contributed by atoms with Crippen LogP contribution >= 0.6 is 7.82 Å². The number of rotatable bonds is 49. The van der Waals surface area contributed by atoms with Crippen LogP contribution in [0.4, 0.5) is 0 Å². The molecule has 0 saturated carbocycles. The first-order valence-corrected chi connectivity index (χ1v) is 29.7. The van der Waals surface area contributed by atoms with E-state index in [0.29, 0.717) is 23.9 Å². The predicted molar refractivity (Wildman–Crippen MR) is 313 cm³/mol. The van der Waals surface area contributed by atoms with E-state index >= 15 is 0 Å². The van der Waals surface area contributed by atoms with Gasteiger partial charge in [-0.05, 0) is 122 Å². The zero-order valence-corrected chi connectivity index (χ0v) is 47.9. The van der Waals surface area contributed by atoms with Crippen molar-refractivity contribution >= 4 is 19.8 Å². The van der Waals surface area contributed by atoms with E-state index in [9.17, 15) is 19.0 Å². The normalized spacial score (nSPS) is 14.5. The third-order valence-electron chi connectivity index (χ3n) is 11.0. The summed E-state index contributed by atoms with van der Waals surface area (Å²) in [6.07, 6.45) is 79.9. The summed E-state index contributed by atoms with van der Waals surface area (Å²) in [4.78, 5) is 37.9. The number of allylic oxidation sites excluding steroid dienone is 26. The minimum absolute atomic E-state index is 0.0499. The molecule has 0 aromatic carbocycles. The monoisotopic (exact) mass is 1040 g/mol. The summed E-state index contributed by atoms with van der Waals surface area (Å²) in [5.74, 6) is -0.901. The number of hydrogen-bond acceptors (Lipinski definition) is 8. The van der Waals surface area contributed by atoms with Crippen molar-refractivity contribution in [2.24, 2.45) is 0 Å². The van der Waals surface area contributed by atoms with Gasteiger partial charge >= 0.3 is 11.9 Å². The third-order valence-corrected chi connectivity index (χ3v) is 12.0. The fourth-order valence-corrected chi connectivity index (χ4v) is 7.48. The van der Waals surface area contributed by atoms with Gasteiger partial charge in [-0.15, -0.1) is 0 Å². The van der Waals surface area contributed by atoms with Crippen molar-refractivity contribution in [3.63, 3.8) is 0 Å². The van der Waals surface area contributed by atoms with Gasteiger partial charge in [0.15, 0.2) is 6.10 Å². The molecule has 0 amide bonds. The Balaban J connectivity index is 4.35. The second-order valence-corrected chi connectivity index (χ2v) is 20.6. The molecule has 74 heavy (non-hydrogen) atoms.